The third-order valence-corrected chi connectivity index (χ3v) is 4.78. The first-order chi connectivity index (χ1) is 8.16. The molecule has 3 nitrogen and oxygen atoms in total. The molecule has 4 heteroatoms. The lowest BCUT2D eigenvalue weighted by molar-refractivity contribution is 0.422. The summed E-state index contributed by atoms with van der Waals surface area (Å²) in [5.74, 6) is 0.923. The lowest BCUT2D eigenvalue weighted by Crippen LogP contribution is -2.33. The summed E-state index contributed by atoms with van der Waals surface area (Å²) < 4.78 is 5.63. The highest BCUT2D eigenvalue weighted by atomic mass is 32.2. The molecule has 1 fully saturated rings. The molecule has 17 heavy (non-hydrogen) atoms. The average Bonchev–Trinajstić information content (AvgIpc) is 2.58. The van der Waals surface area contributed by atoms with Crippen LogP contribution in [0.3, 0.4) is 0 Å². The molecular formula is C13H22N2OS. The van der Waals surface area contributed by atoms with E-state index in [4.69, 9.17) is 10.2 Å². The summed E-state index contributed by atoms with van der Waals surface area (Å²) in [4.78, 5) is 4.43. The first-order valence-electron chi connectivity index (χ1n) is 6.53. The van der Waals surface area contributed by atoms with Crippen molar-refractivity contribution in [3.8, 4) is 0 Å². The molecular weight excluding hydrogens is 232 g/mol. The lowest BCUT2D eigenvalue weighted by Gasteiger charge is -2.24. The second-order valence-corrected chi connectivity index (χ2v) is 6.12. The summed E-state index contributed by atoms with van der Waals surface area (Å²) in [6, 6.07) is 0.285. The normalized spacial score (nSPS) is 26.5. The zero-order valence-electron chi connectivity index (χ0n) is 10.7. The highest BCUT2D eigenvalue weighted by Gasteiger charge is 2.22. The zero-order chi connectivity index (χ0) is 12.3. The van der Waals surface area contributed by atoms with Gasteiger partial charge in [-0.3, -0.25) is 0 Å². The van der Waals surface area contributed by atoms with E-state index in [0.717, 1.165) is 23.1 Å². The molecule has 1 heterocycles. The Labute approximate surface area is 108 Å². The van der Waals surface area contributed by atoms with Gasteiger partial charge in [-0.25, -0.2) is 4.98 Å². The highest BCUT2D eigenvalue weighted by Crippen LogP contribution is 2.32. The number of aryl methyl sites for hydroxylation is 2. The molecule has 0 amide bonds. The van der Waals surface area contributed by atoms with E-state index in [1.54, 1.807) is 11.8 Å². The summed E-state index contributed by atoms with van der Waals surface area (Å²) in [5.41, 5.74) is 7.24. The third kappa shape index (κ3) is 3.49. The molecule has 0 radical (unpaired) electrons. The van der Waals surface area contributed by atoms with E-state index in [2.05, 4.69) is 4.98 Å². The van der Waals surface area contributed by atoms with Crippen LogP contribution in [0.15, 0.2) is 9.64 Å². The van der Waals surface area contributed by atoms with Crippen molar-refractivity contribution in [1.29, 1.82) is 0 Å². The fourth-order valence-electron chi connectivity index (χ4n) is 2.25. The smallest absolute Gasteiger partial charge is 0.256 e. The van der Waals surface area contributed by atoms with Gasteiger partial charge in [0, 0.05) is 11.3 Å². The SMILES string of the molecule is Cc1nc(SC2CCCCCCC2N)oc1C. The van der Waals surface area contributed by atoms with Crippen molar-refractivity contribution < 1.29 is 4.42 Å². The third-order valence-electron chi connectivity index (χ3n) is 3.51. The molecule has 0 aliphatic heterocycles. The van der Waals surface area contributed by atoms with Gasteiger partial charge in [0.2, 0.25) is 0 Å². The minimum absolute atomic E-state index is 0.285. The molecule has 0 spiro atoms. The van der Waals surface area contributed by atoms with Crippen molar-refractivity contribution in [2.24, 2.45) is 5.73 Å². The molecule has 2 unspecified atom stereocenters. The van der Waals surface area contributed by atoms with Gasteiger partial charge in [0.15, 0.2) is 0 Å². The Morgan fingerprint density at radius 3 is 2.53 bits per heavy atom. The summed E-state index contributed by atoms with van der Waals surface area (Å²) >= 11 is 1.73. The van der Waals surface area contributed by atoms with Crippen LogP contribution in [0.25, 0.3) is 0 Å². The fraction of sp³-hybridized carbons (Fsp3) is 0.769. The van der Waals surface area contributed by atoms with Gasteiger partial charge in [-0.15, -0.1) is 0 Å². The van der Waals surface area contributed by atoms with Crippen LogP contribution in [0.2, 0.25) is 0 Å². The van der Waals surface area contributed by atoms with Crippen molar-refractivity contribution >= 4 is 11.8 Å². The summed E-state index contributed by atoms with van der Waals surface area (Å²) in [6.07, 6.45) is 7.55. The first kappa shape index (κ1) is 13.0. The van der Waals surface area contributed by atoms with Crippen molar-refractivity contribution in [2.75, 3.05) is 0 Å². The Hall–Kier alpha value is -0.480. The van der Waals surface area contributed by atoms with Crippen molar-refractivity contribution in [2.45, 2.75) is 68.9 Å². The second kappa shape index (κ2) is 5.91. The monoisotopic (exact) mass is 254 g/mol. The summed E-state index contributed by atoms with van der Waals surface area (Å²) in [6.45, 7) is 3.95. The molecule has 1 aliphatic rings. The molecule has 1 aliphatic carbocycles. The maximum absolute atomic E-state index is 6.25. The van der Waals surface area contributed by atoms with Gasteiger partial charge in [-0.1, -0.05) is 37.4 Å². The fourth-order valence-corrected chi connectivity index (χ4v) is 3.47. The van der Waals surface area contributed by atoms with Gasteiger partial charge in [-0.2, -0.15) is 0 Å². The predicted molar refractivity (Wildman–Crippen MR) is 71.3 cm³/mol. The molecule has 0 saturated heterocycles. The minimum Gasteiger partial charge on any atom is -0.437 e. The van der Waals surface area contributed by atoms with E-state index in [0.29, 0.717) is 5.25 Å². The van der Waals surface area contributed by atoms with E-state index < -0.39 is 0 Å². The number of hydrogen-bond acceptors (Lipinski definition) is 4. The van der Waals surface area contributed by atoms with Crippen molar-refractivity contribution in [3.05, 3.63) is 11.5 Å². The number of hydrogen-bond donors (Lipinski definition) is 1. The van der Waals surface area contributed by atoms with E-state index in [1.165, 1.54) is 32.1 Å². The largest absolute Gasteiger partial charge is 0.437 e. The number of oxazole rings is 1. The zero-order valence-corrected chi connectivity index (χ0v) is 11.6. The second-order valence-electron chi connectivity index (χ2n) is 4.93. The first-order valence-corrected chi connectivity index (χ1v) is 7.41. The lowest BCUT2D eigenvalue weighted by atomic mass is 9.97. The molecule has 0 aromatic carbocycles. The Balaban J connectivity index is 1.99. The van der Waals surface area contributed by atoms with Gasteiger partial charge in [0.1, 0.15) is 5.76 Å². The number of rotatable bonds is 2. The Kier molecular flexibility index (Phi) is 4.51. The average molecular weight is 254 g/mol. The van der Waals surface area contributed by atoms with E-state index in [9.17, 15) is 0 Å². The molecule has 2 atom stereocenters. The highest BCUT2D eigenvalue weighted by molar-refractivity contribution is 7.99. The maximum Gasteiger partial charge on any atom is 0.256 e. The van der Waals surface area contributed by atoms with Gasteiger partial charge in [0.05, 0.1) is 5.69 Å². The van der Waals surface area contributed by atoms with Crippen LogP contribution in [0.4, 0.5) is 0 Å². The van der Waals surface area contributed by atoms with Crippen LogP contribution in [0.1, 0.15) is 50.0 Å². The quantitative estimate of drug-likeness (QED) is 0.878. The standard InChI is InChI=1S/C13H22N2OS/c1-9-10(2)16-13(15-9)17-12-8-6-4-3-5-7-11(12)14/h11-12H,3-8,14H2,1-2H3. The minimum atomic E-state index is 0.285. The number of nitrogens with zero attached hydrogens (tertiary/aromatic N) is 1. The van der Waals surface area contributed by atoms with Gasteiger partial charge in [-0.05, 0) is 26.7 Å². The Morgan fingerprint density at radius 2 is 1.88 bits per heavy atom. The molecule has 0 bridgehead atoms. The van der Waals surface area contributed by atoms with Crippen LogP contribution >= 0.6 is 11.8 Å². The number of thioether (sulfide) groups is 1. The van der Waals surface area contributed by atoms with Gasteiger partial charge < -0.3 is 10.2 Å². The summed E-state index contributed by atoms with van der Waals surface area (Å²) in [5, 5.41) is 1.26. The maximum atomic E-state index is 6.25. The van der Waals surface area contributed by atoms with Crippen LogP contribution in [0.5, 0.6) is 0 Å². The molecule has 96 valence electrons. The van der Waals surface area contributed by atoms with Crippen LogP contribution in [0, 0.1) is 13.8 Å². The van der Waals surface area contributed by atoms with Crippen molar-refractivity contribution in [3.63, 3.8) is 0 Å². The molecule has 1 saturated carbocycles. The van der Waals surface area contributed by atoms with Crippen LogP contribution in [-0.4, -0.2) is 16.3 Å². The van der Waals surface area contributed by atoms with E-state index in [1.807, 2.05) is 13.8 Å². The summed E-state index contributed by atoms with van der Waals surface area (Å²) in [7, 11) is 0. The van der Waals surface area contributed by atoms with E-state index in [-0.39, 0.29) is 6.04 Å². The molecule has 1 aromatic rings. The van der Waals surface area contributed by atoms with E-state index >= 15 is 0 Å². The molecule has 2 rings (SSSR count). The van der Waals surface area contributed by atoms with Crippen LogP contribution < -0.4 is 5.73 Å². The Bertz CT molecular complexity index is 345. The number of nitrogens with two attached hydrogens (primary N) is 1. The van der Waals surface area contributed by atoms with Crippen LogP contribution in [-0.2, 0) is 0 Å². The topological polar surface area (TPSA) is 52.0 Å². The molecule has 1 aromatic heterocycles. The Morgan fingerprint density at radius 1 is 1.18 bits per heavy atom. The predicted octanol–water partition coefficient (Wildman–Crippen LogP) is 3.43. The van der Waals surface area contributed by atoms with Gasteiger partial charge >= 0.3 is 0 Å². The van der Waals surface area contributed by atoms with Crippen molar-refractivity contribution in [1.82, 2.24) is 4.98 Å². The van der Waals surface area contributed by atoms with Gasteiger partial charge in [0.25, 0.3) is 5.22 Å². The number of aromatic nitrogens is 1. The molecule has 2 N–H and O–H groups in total.